The van der Waals surface area contributed by atoms with E-state index in [1.807, 2.05) is 6.92 Å². The van der Waals surface area contributed by atoms with E-state index in [0.29, 0.717) is 29.9 Å². The monoisotopic (exact) mass is 290 g/mol. The first kappa shape index (κ1) is 15.1. The number of hydrogen-bond acceptors (Lipinski definition) is 2. The zero-order valence-corrected chi connectivity index (χ0v) is 11.7. The van der Waals surface area contributed by atoms with Crippen LogP contribution in [0.3, 0.4) is 0 Å². The first-order valence-electron chi connectivity index (χ1n) is 5.71. The summed E-state index contributed by atoms with van der Waals surface area (Å²) in [6.45, 7) is 4.00. The van der Waals surface area contributed by atoms with Crippen LogP contribution >= 0.6 is 23.8 Å². The van der Waals surface area contributed by atoms with Crippen molar-refractivity contribution in [2.75, 3.05) is 25.1 Å². The van der Waals surface area contributed by atoms with Crippen molar-refractivity contribution in [2.24, 2.45) is 0 Å². The summed E-state index contributed by atoms with van der Waals surface area (Å²) in [5.74, 6) is -0.391. The van der Waals surface area contributed by atoms with E-state index in [1.165, 1.54) is 18.2 Å². The third-order valence-electron chi connectivity index (χ3n) is 2.13. The van der Waals surface area contributed by atoms with Crippen LogP contribution in [0.25, 0.3) is 0 Å². The van der Waals surface area contributed by atoms with Crippen molar-refractivity contribution >= 4 is 34.6 Å². The van der Waals surface area contributed by atoms with Crippen molar-refractivity contribution in [3.8, 4) is 0 Å². The quantitative estimate of drug-likeness (QED) is 0.623. The van der Waals surface area contributed by atoms with E-state index < -0.39 is 5.82 Å². The van der Waals surface area contributed by atoms with E-state index in [4.69, 9.17) is 28.6 Å². The van der Waals surface area contributed by atoms with Crippen LogP contribution in [0.15, 0.2) is 18.2 Å². The number of rotatable bonds is 6. The summed E-state index contributed by atoms with van der Waals surface area (Å²) in [7, 11) is 0. The molecule has 0 amide bonds. The van der Waals surface area contributed by atoms with Crippen LogP contribution in [-0.2, 0) is 4.74 Å². The Morgan fingerprint density at radius 2 is 2.28 bits per heavy atom. The Labute approximate surface area is 117 Å². The molecule has 0 saturated carbocycles. The number of halogens is 2. The predicted octanol–water partition coefficient (Wildman–Crippen LogP) is 3.19. The first-order chi connectivity index (χ1) is 8.63. The van der Waals surface area contributed by atoms with Crippen LogP contribution in [0, 0.1) is 5.82 Å². The summed E-state index contributed by atoms with van der Waals surface area (Å²) >= 11 is 10.8. The molecule has 2 N–H and O–H groups in total. The van der Waals surface area contributed by atoms with Crippen molar-refractivity contribution in [3.63, 3.8) is 0 Å². The largest absolute Gasteiger partial charge is 0.382 e. The molecular weight excluding hydrogens is 275 g/mol. The van der Waals surface area contributed by atoms with Crippen molar-refractivity contribution in [1.29, 1.82) is 0 Å². The lowest BCUT2D eigenvalue weighted by Crippen LogP contribution is -2.30. The highest BCUT2D eigenvalue weighted by molar-refractivity contribution is 7.80. The maximum Gasteiger partial charge on any atom is 0.170 e. The zero-order valence-electron chi connectivity index (χ0n) is 10.1. The maximum atomic E-state index is 13.4. The van der Waals surface area contributed by atoms with Crippen molar-refractivity contribution < 1.29 is 9.13 Å². The molecule has 0 heterocycles. The van der Waals surface area contributed by atoms with Crippen molar-refractivity contribution in [1.82, 2.24) is 5.32 Å². The lowest BCUT2D eigenvalue weighted by Gasteiger charge is -2.11. The van der Waals surface area contributed by atoms with Gasteiger partial charge in [0, 0.05) is 24.8 Å². The third-order valence-corrected chi connectivity index (χ3v) is 2.61. The van der Waals surface area contributed by atoms with Gasteiger partial charge in [-0.3, -0.25) is 0 Å². The van der Waals surface area contributed by atoms with Gasteiger partial charge in [0.05, 0.1) is 5.69 Å². The fourth-order valence-electron chi connectivity index (χ4n) is 1.28. The van der Waals surface area contributed by atoms with Gasteiger partial charge in [-0.2, -0.15) is 0 Å². The summed E-state index contributed by atoms with van der Waals surface area (Å²) in [5, 5.41) is 6.55. The smallest absolute Gasteiger partial charge is 0.170 e. The molecule has 0 saturated heterocycles. The summed E-state index contributed by atoms with van der Waals surface area (Å²) in [4.78, 5) is 0. The van der Waals surface area contributed by atoms with E-state index in [0.717, 1.165) is 6.42 Å². The van der Waals surface area contributed by atoms with Crippen molar-refractivity contribution in [2.45, 2.75) is 13.3 Å². The molecule has 0 fully saturated rings. The van der Waals surface area contributed by atoms with Crippen molar-refractivity contribution in [3.05, 3.63) is 29.0 Å². The molecule has 100 valence electrons. The Morgan fingerprint density at radius 3 is 3.00 bits per heavy atom. The lowest BCUT2D eigenvalue weighted by molar-refractivity contribution is 0.146. The second-order valence-corrected chi connectivity index (χ2v) is 4.40. The van der Waals surface area contributed by atoms with Gasteiger partial charge in [0.1, 0.15) is 5.82 Å². The Balaban J connectivity index is 2.33. The maximum absolute atomic E-state index is 13.4. The number of thiocarbonyl (C=S) groups is 1. The van der Waals surface area contributed by atoms with Gasteiger partial charge in [-0.05, 0) is 43.8 Å². The molecule has 18 heavy (non-hydrogen) atoms. The molecule has 0 atom stereocenters. The normalized spacial score (nSPS) is 10.2. The minimum absolute atomic E-state index is 0.268. The second-order valence-electron chi connectivity index (χ2n) is 3.56. The van der Waals surface area contributed by atoms with Gasteiger partial charge >= 0.3 is 0 Å². The lowest BCUT2D eigenvalue weighted by atomic mass is 10.3. The average molecular weight is 291 g/mol. The van der Waals surface area contributed by atoms with Crippen LogP contribution in [-0.4, -0.2) is 24.9 Å². The number of nitrogens with one attached hydrogen (secondary N) is 2. The summed E-state index contributed by atoms with van der Waals surface area (Å²) in [5.41, 5.74) is 0.268. The number of ether oxygens (including phenoxy) is 1. The predicted molar refractivity (Wildman–Crippen MR) is 76.7 cm³/mol. The van der Waals surface area contributed by atoms with E-state index in [1.54, 1.807) is 0 Å². The van der Waals surface area contributed by atoms with Gasteiger partial charge in [0.15, 0.2) is 5.11 Å². The van der Waals surface area contributed by atoms with E-state index in [9.17, 15) is 4.39 Å². The molecule has 1 rings (SSSR count). The van der Waals surface area contributed by atoms with E-state index >= 15 is 0 Å². The molecule has 0 radical (unpaired) electrons. The minimum Gasteiger partial charge on any atom is -0.382 e. The standard InChI is InChI=1S/C12H16ClFN2OS/c1-2-17-7-3-6-15-12(18)16-11-8-9(13)4-5-10(11)14/h4-5,8H,2-3,6-7H2,1H3,(H2,15,16,18). The third kappa shape index (κ3) is 5.62. The topological polar surface area (TPSA) is 33.3 Å². The summed E-state index contributed by atoms with van der Waals surface area (Å²) < 4.78 is 18.6. The molecule has 0 bridgehead atoms. The molecule has 3 nitrogen and oxygen atoms in total. The SMILES string of the molecule is CCOCCCNC(=S)Nc1cc(Cl)ccc1F. The van der Waals surface area contributed by atoms with Gasteiger partial charge < -0.3 is 15.4 Å². The summed E-state index contributed by atoms with van der Waals surface area (Å²) in [6, 6.07) is 4.27. The Bertz CT molecular complexity index is 404. The minimum atomic E-state index is -0.391. The molecule has 1 aromatic rings. The summed E-state index contributed by atoms with van der Waals surface area (Å²) in [6.07, 6.45) is 0.841. The molecule has 0 aliphatic rings. The van der Waals surface area contributed by atoms with Crippen LogP contribution in [0.2, 0.25) is 5.02 Å². The van der Waals surface area contributed by atoms with E-state index in [-0.39, 0.29) is 5.69 Å². The van der Waals surface area contributed by atoms with E-state index in [2.05, 4.69) is 10.6 Å². The molecule has 0 aliphatic heterocycles. The highest BCUT2D eigenvalue weighted by atomic mass is 35.5. The molecule has 1 aromatic carbocycles. The number of benzene rings is 1. The van der Waals surface area contributed by atoms with Gasteiger partial charge in [-0.1, -0.05) is 11.6 Å². The molecular formula is C12H16ClFN2OS. The van der Waals surface area contributed by atoms with Gasteiger partial charge in [0.25, 0.3) is 0 Å². The number of hydrogen-bond donors (Lipinski definition) is 2. The molecule has 6 heteroatoms. The number of anilines is 1. The first-order valence-corrected chi connectivity index (χ1v) is 6.49. The van der Waals surface area contributed by atoms with Crippen LogP contribution in [0.1, 0.15) is 13.3 Å². The van der Waals surface area contributed by atoms with Crippen LogP contribution in [0.4, 0.5) is 10.1 Å². The Morgan fingerprint density at radius 1 is 1.50 bits per heavy atom. The van der Waals surface area contributed by atoms with Crippen LogP contribution in [0.5, 0.6) is 0 Å². The Hall–Kier alpha value is -0.910. The molecule has 0 spiro atoms. The average Bonchev–Trinajstić information content (AvgIpc) is 2.33. The molecule has 0 aliphatic carbocycles. The molecule has 0 aromatic heterocycles. The fourth-order valence-corrected chi connectivity index (χ4v) is 1.66. The zero-order chi connectivity index (χ0) is 13.4. The van der Waals surface area contributed by atoms with Gasteiger partial charge in [-0.25, -0.2) is 4.39 Å². The fraction of sp³-hybridized carbons (Fsp3) is 0.417. The second kappa shape index (κ2) is 8.24. The van der Waals surface area contributed by atoms with Gasteiger partial charge in [0.2, 0.25) is 0 Å². The molecule has 0 unspecified atom stereocenters. The highest BCUT2D eigenvalue weighted by Crippen LogP contribution is 2.19. The Kier molecular flexibility index (Phi) is 6.93. The highest BCUT2D eigenvalue weighted by Gasteiger charge is 2.04. The van der Waals surface area contributed by atoms with Gasteiger partial charge in [-0.15, -0.1) is 0 Å². The van der Waals surface area contributed by atoms with Crippen LogP contribution < -0.4 is 10.6 Å².